The molecule has 0 bridgehead atoms. The highest BCUT2D eigenvalue weighted by Gasteiger charge is 2.44. The predicted octanol–water partition coefficient (Wildman–Crippen LogP) is 1.49. The maximum atomic E-state index is 12.9. The van der Waals surface area contributed by atoms with Gasteiger partial charge in [-0.05, 0) is 42.5 Å². The summed E-state index contributed by atoms with van der Waals surface area (Å²) in [5.41, 5.74) is 2.33. The zero-order valence-electron chi connectivity index (χ0n) is 16.3. The summed E-state index contributed by atoms with van der Waals surface area (Å²) in [6, 6.07) is 3.68. The Hall–Kier alpha value is -2.48. The van der Waals surface area contributed by atoms with Crippen molar-refractivity contribution in [3.05, 3.63) is 23.3 Å². The van der Waals surface area contributed by atoms with Gasteiger partial charge in [-0.2, -0.15) is 0 Å². The number of nitrogens with one attached hydrogen (secondary N) is 1. The molecule has 152 valence electrons. The van der Waals surface area contributed by atoms with Crippen molar-refractivity contribution in [2.24, 2.45) is 5.92 Å². The van der Waals surface area contributed by atoms with Gasteiger partial charge in [0.15, 0.2) is 11.5 Å². The molecule has 2 saturated heterocycles. The fraction of sp³-hybridized carbons (Fsp3) is 0.600. The molecule has 3 atom stereocenters. The van der Waals surface area contributed by atoms with Crippen molar-refractivity contribution in [1.29, 1.82) is 0 Å². The normalized spacial score (nSPS) is 26.5. The largest absolute Gasteiger partial charge is 0.493 e. The first kappa shape index (κ1) is 18.9. The summed E-state index contributed by atoms with van der Waals surface area (Å²) in [7, 11) is 3.24. The Labute approximate surface area is 164 Å². The third-order valence-corrected chi connectivity index (χ3v) is 6.30. The van der Waals surface area contributed by atoms with Gasteiger partial charge in [0.1, 0.15) is 0 Å². The average molecular weight is 389 g/mol. The van der Waals surface area contributed by atoms with E-state index in [1.54, 1.807) is 14.2 Å². The molecule has 3 aliphatic heterocycles. The zero-order valence-corrected chi connectivity index (χ0v) is 16.3. The standard InChI is InChI=1S/C20H27N3O5/c1-27-17-8-12-4-7-23-11-14(19(24)22-5-3-6-22)15(21-20(25)26)10-16(23)13(12)9-18(17)28-2/h8-9,14-16,21H,3-7,10-11H2,1-2H3,(H,25,26). The minimum atomic E-state index is -1.08. The van der Waals surface area contributed by atoms with Crippen LogP contribution < -0.4 is 14.8 Å². The van der Waals surface area contributed by atoms with Crippen molar-refractivity contribution < 1.29 is 24.2 Å². The molecule has 3 aliphatic rings. The van der Waals surface area contributed by atoms with Crippen molar-refractivity contribution >= 4 is 12.0 Å². The van der Waals surface area contributed by atoms with Gasteiger partial charge in [0, 0.05) is 38.3 Å². The molecule has 8 heteroatoms. The van der Waals surface area contributed by atoms with Crippen molar-refractivity contribution in [3.63, 3.8) is 0 Å². The molecule has 2 fully saturated rings. The second-order valence-electron chi connectivity index (χ2n) is 7.74. The first-order valence-electron chi connectivity index (χ1n) is 9.79. The summed E-state index contributed by atoms with van der Waals surface area (Å²) < 4.78 is 10.9. The lowest BCUT2D eigenvalue weighted by Crippen LogP contribution is -2.59. The molecule has 2 amide bonds. The van der Waals surface area contributed by atoms with Crippen molar-refractivity contribution in [3.8, 4) is 11.5 Å². The Bertz CT molecular complexity index is 779. The SMILES string of the molecule is COc1cc2c(cc1OC)C1CC(NC(=O)O)C(C(=O)N3CCC3)CN1CC2. The second kappa shape index (κ2) is 7.50. The van der Waals surface area contributed by atoms with Crippen LogP contribution in [0.1, 0.15) is 30.0 Å². The summed E-state index contributed by atoms with van der Waals surface area (Å²) in [6.07, 6.45) is 1.38. The number of piperidine rings is 1. The van der Waals surface area contributed by atoms with Gasteiger partial charge >= 0.3 is 6.09 Å². The molecule has 3 unspecified atom stereocenters. The number of carbonyl (C=O) groups is 2. The molecule has 28 heavy (non-hydrogen) atoms. The fourth-order valence-corrected chi connectivity index (χ4v) is 4.70. The number of hydrogen-bond acceptors (Lipinski definition) is 5. The van der Waals surface area contributed by atoms with E-state index in [2.05, 4.69) is 10.2 Å². The molecule has 1 aromatic rings. The van der Waals surface area contributed by atoms with Crippen LogP contribution in [0.5, 0.6) is 11.5 Å². The van der Waals surface area contributed by atoms with E-state index in [-0.39, 0.29) is 17.9 Å². The number of rotatable bonds is 4. The molecule has 4 rings (SSSR count). The van der Waals surface area contributed by atoms with Crippen LogP contribution in [0.25, 0.3) is 0 Å². The van der Waals surface area contributed by atoms with Crippen LogP contribution in [-0.4, -0.2) is 73.3 Å². The number of ether oxygens (including phenoxy) is 2. The van der Waals surface area contributed by atoms with E-state index in [1.165, 1.54) is 5.56 Å². The van der Waals surface area contributed by atoms with Crippen LogP contribution in [0, 0.1) is 5.92 Å². The van der Waals surface area contributed by atoms with Crippen LogP contribution in [-0.2, 0) is 11.2 Å². The van der Waals surface area contributed by atoms with Crippen molar-refractivity contribution in [2.45, 2.75) is 31.3 Å². The zero-order chi connectivity index (χ0) is 19.8. The third kappa shape index (κ3) is 3.26. The van der Waals surface area contributed by atoms with Gasteiger partial charge < -0.3 is 24.8 Å². The Morgan fingerprint density at radius 1 is 1.14 bits per heavy atom. The number of methoxy groups -OCH3 is 2. The van der Waals surface area contributed by atoms with Gasteiger partial charge in [-0.25, -0.2) is 4.79 Å². The maximum absolute atomic E-state index is 12.9. The molecule has 0 aliphatic carbocycles. The average Bonchev–Trinajstić information content (AvgIpc) is 2.64. The lowest BCUT2D eigenvalue weighted by atomic mass is 9.79. The number of benzene rings is 1. The summed E-state index contributed by atoms with van der Waals surface area (Å²) in [5.74, 6) is 1.11. The van der Waals surface area contributed by atoms with Gasteiger partial charge in [0.25, 0.3) is 0 Å². The first-order chi connectivity index (χ1) is 13.5. The molecule has 0 spiro atoms. The Morgan fingerprint density at radius 2 is 1.86 bits per heavy atom. The van der Waals surface area contributed by atoms with E-state index in [0.29, 0.717) is 24.5 Å². The van der Waals surface area contributed by atoms with E-state index in [0.717, 1.165) is 38.0 Å². The number of hydrogen-bond donors (Lipinski definition) is 2. The minimum absolute atomic E-state index is 0.0563. The number of amides is 2. The molecule has 2 N–H and O–H groups in total. The molecule has 0 saturated carbocycles. The minimum Gasteiger partial charge on any atom is -0.493 e. The molecule has 8 nitrogen and oxygen atoms in total. The van der Waals surface area contributed by atoms with Crippen molar-refractivity contribution in [1.82, 2.24) is 15.1 Å². The van der Waals surface area contributed by atoms with Gasteiger partial charge in [-0.15, -0.1) is 0 Å². The van der Waals surface area contributed by atoms with E-state index >= 15 is 0 Å². The lowest BCUT2D eigenvalue weighted by Gasteiger charge is -2.48. The first-order valence-corrected chi connectivity index (χ1v) is 9.79. The summed E-state index contributed by atoms with van der Waals surface area (Å²) in [5, 5.41) is 11.9. The molecule has 3 heterocycles. The number of carbonyl (C=O) groups excluding carboxylic acids is 1. The second-order valence-corrected chi connectivity index (χ2v) is 7.74. The lowest BCUT2D eigenvalue weighted by molar-refractivity contribution is -0.142. The molecular formula is C20H27N3O5. The Kier molecular flexibility index (Phi) is 5.05. The number of fused-ring (bicyclic) bond motifs is 3. The monoisotopic (exact) mass is 389 g/mol. The van der Waals surface area contributed by atoms with Crippen molar-refractivity contribution in [2.75, 3.05) is 40.4 Å². The van der Waals surface area contributed by atoms with Gasteiger partial charge in [-0.1, -0.05) is 0 Å². The van der Waals surface area contributed by atoms with Crippen LogP contribution in [0.4, 0.5) is 4.79 Å². The molecule has 1 aromatic carbocycles. The van der Waals surface area contributed by atoms with Crippen LogP contribution >= 0.6 is 0 Å². The van der Waals surface area contributed by atoms with Crippen LogP contribution in [0.2, 0.25) is 0 Å². The summed E-state index contributed by atoms with van der Waals surface area (Å²) in [6.45, 7) is 2.96. The fourth-order valence-electron chi connectivity index (χ4n) is 4.70. The Morgan fingerprint density at radius 3 is 2.46 bits per heavy atom. The van der Waals surface area contributed by atoms with E-state index in [9.17, 15) is 14.7 Å². The van der Waals surface area contributed by atoms with Gasteiger partial charge in [0.2, 0.25) is 5.91 Å². The summed E-state index contributed by atoms with van der Waals surface area (Å²) in [4.78, 5) is 28.5. The molecule has 0 aromatic heterocycles. The maximum Gasteiger partial charge on any atom is 0.404 e. The number of nitrogens with zero attached hydrogens (tertiary/aromatic N) is 2. The van der Waals surface area contributed by atoms with E-state index in [4.69, 9.17) is 9.47 Å². The number of carboxylic acid groups (broad SMARTS) is 1. The molecular weight excluding hydrogens is 362 g/mol. The molecule has 0 radical (unpaired) electrons. The highest BCUT2D eigenvalue weighted by molar-refractivity contribution is 5.81. The smallest absolute Gasteiger partial charge is 0.404 e. The van der Waals surface area contributed by atoms with E-state index < -0.39 is 12.1 Å². The quantitative estimate of drug-likeness (QED) is 0.811. The van der Waals surface area contributed by atoms with Crippen LogP contribution in [0.3, 0.4) is 0 Å². The predicted molar refractivity (Wildman–Crippen MR) is 102 cm³/mol. The van der Waals surface area contributed by atoms with Gasteiger partial charge in [0.05, 0.1) is 20.1 Å². The van der Waals surface area contributed by atoms with Gasteiger partial charge in [-0.3, -0.25) is 9.69 Å². The third-order valence-electron chi connectivity index (χ3n) is 6.30. The topological polar surface area (TPSA) is 91.3 Å². The van der Waals surface area contributed by atoms with Crippen LogP contribution in [0.15, 0.2) is 12.1 Å². The Balaban J connectivity index is 1.64. The summed E-state index contributed by atoms with van der Waals surface area (Å²) >= 11 is 0. The van der Waals surface area contributed by atoms with E-state index in [1.807, 2.05) is 17.0 Å². The highest BCUT2D eigenvalue weighted by Crippen LogP contribution is 2.43. The number of likely N-dealkylation sites (tertiary alicyclic amines) is 1. The highest BCUT2D eigenvalue weighted by atomic mass is 16.5.